The van der Waals surface area contributed by atoms with Crippen LogP contribution in [0, 0.1) is 13.8 Å². The molecule has 0 radical (unpaired) electrons. The summed E-state index contributed by atoms with van der Waals surface area (Å²) in [6.07, 6.45) is 0. The number of esters is 1. The maximum Gasteiger partial charge on any atom is 0.355 e. The number of amides is 3. The first kappa shape index (κ1) is 16.4. The SMILES string of the molecule is CNC(=O)NC(=O)COC(=O)c1[nH]c(C)c(C(C)=O)c1C. The zero-order chi connectivity index (χ0) is 16.2. The quantitative estimate of drug-likeness (QED) is 0.550. The summed E-state index contributed by atoms with van der Waals surface area (Å²) in [5.41, 5.74) is 1.57. The maximum absolute atomic E-state index is 11.9. The van der Waals surface area contributed by atoms with E-state index in [0.717, 1.165) is 0 Å². The van der Waals surface area contributed by atoms with E-state index in [1.165, 1.54) is 14.0 Å². The van der Waals surface area contributed by atoms with Crippen molar-refractivity contribution >= 4 is 23.7 Å². The molecule has 1 heterocycles. The number of hydrogen-bond donors (Lipinski definition) is 3. The lowest BCUT2D eigenvalue weighted by atomic mass is 10.1. The van der Waals surface area contributed by atoms with Crippen molar-refractivity contribution in [1.82, 2.24) is 15.6 Å². The first-order valence-electron chi connectivity index (χ1n) is 6.16. The number of carbonyl (C=O) groups excluding carboxylic acids is 4. The number of H-pyrrole nitrogens is 1. The summed E-state index contributed by atoms with van der Waals surface area (Å²) in [7, 11) is 1.35. The van der Waals surface area contributed by atoms with Gasteiger partial charge in [0.2, 0.25) is 0 Å². The van der Waals surface area contributed by atoms with Crippen LogP contribution in [0.2, 0.25) is 0 Å². The molecule has 0 aliphatic carbocycles. The van der Waals surface area contributed by atoms with Gasteiger partial charge in [0.25, 0.3) is 5.91 Å². The minimum atomic E-state index is -0.768. The summed E-state index contributed by atoms with van der Waals surface area (Å²) < 4.78 is 4.79. The van der Waals surface area contributed by atoms with Crippen LogP contribution < -0.4 is 10.6 Å². The first-order chi connectivity index (χ1) is 9.77. The number of imide groups is 1. The third kappa shape index (κ3) is 3.91. The van der Waals surface area contributed by atoms with Gasteiger partial charge in [-0.25, -0.2) is 9.59 Å². The van der Waals surface area contributed by atoms with Gasteiger partial charge < -0.3 is 15.0 Å². The molecule has 0 aromatic carbocycles. The van der Waals surface area contributed by atoms with E-state index in [2.05, 4.69) is 10.3 Å². The van der Waals surface area contributed by atoms with Crippen molar-refractivity contribution in [3.05, 3.63) is 22.5 Å². The molecule has 0 fully saturated rings. The van der Waals surface area contributed by atoms with Crippen LogP contribution >= 0.6 is 0 Å². The number of urea groups is 1. The molecular weight excluding hydrogens is 278 g/mol. The number of hydrogen-bond acceptors (Lipinski definition) is 5. The van der Waals surface area contributed by atoms with Gasteiger partial charge in [-0.05, 0) is 26.3 Å². The molecule has 1 rings (SSSR count). The van der Waals surface area contributed by atoms with Crippen molar-refractivity contribution in [2.75, 3.05) is 13.7 Å². The van der Waals surface area contributed by atoms with Crippen LogP contribution in [0.4, 0.5) is 4.79 Å². The Kier molecular flexibility index (Phi) is 5.23. The molecular formula is C13H17N3O5. The topological polar surface area (TPSA) is 117 Å². The van der Waals surface area contributed by atoms with Gasteiger partial charge in [0, 0.05) is 18.3 Å². The van der Waals surface area contributed by atoms with E-state index in [-0.39, 0.29) is 11.5 Å². The molecule has 21 heavy (non-hydrogen) atoms. The van der Waals surface area contributed by atoms with E-state index in [9.17, 15) is 19.2 Å². The lowest BCUT2D eigenvalue weighted by molar-refractivity contribution is -0.123. The maximum atomic E-state index is 11.9. The molecule has 1 aromatic heterocycles. The number of carbonyl (C=O) groups is 4. The van der Waals surface area contributed by atoms with Crippen molar-refractivity contribution in [1.29, 1.82) is 0 Å². The number of ketones is 1. The minimum absolute atomic E-state index is 0.116. The van der Waals surface area contributed by atoms with Gasteiger partial charge in [-0.15, -0.1) is 0 Å². The van der Waals surface area contributed by atoms with Crippen LogP contribution in [0.3, 0.4) is 0 Å². The summed E-state index contributed by atoms with van der Waals surface area (Å²) in [4.78, 5) is 48.3. The Hall–Kier alpha value is -2.64. The molecule has 0 spiro atoms. The van der Waals surface area contributed by atoms with E-state index in [0.29, 0.717) is 16.8 Å². The monoisotopic (exact) mass is 295 g/mol. The number of nitrogens with one attached hydrogen (secondary N) is 3. The predicted octanol–water partition coefficient (Wildman–Crippen LogP) is 0.447. The van der Waals surface area contributed by atoms with Crippen LogP contribution in [0.5, 0.6) is 0 Å². The Balaban J connectivity index is 2.73. The van der Waals surface area contributed by atoms with Gasteiger partial charge in [-0.3, -0.25) is 14.9 Å². The Bertz CT molecular complexity index is 603. The molecule has 0 bridgehead atoms. The Morgan fingerprint density at radius 2 is 1.81 bits per heavy atom. The second-order valence-corrected chi connectivity index (χ2v) is 4.38. The molecule has 0 unspecified atom stereocenters. The Labute approximate surface area is 121 Å². The zero-order valence-corrected chi connectivity index (χ0v) is 12.2. The molecule has 0 saturated carbocycles. The first-order valence-corrected chi connectivity index (χ1v) is 6.16. The number of aryl methyl sites for hydroxylation is 1. The van der Waals surface area contributed by atoms with Crippen LogP contribution in [-0.4, -0.2) is 42.3 Å². The smallest absolute Gasteiger partial charge is 0.355 e. The lowest BCUT2D eigenvalue weighted by Crippen LogP contribution is -2.39. The second-order valence-electron chi connectivity index (χ2n) is 4.38. The number of aromatic amines is 1. The molecule has 8 heteroatoms. The third-order valence-corrected chi connectivity index (χ3v) is 2.81. The average molecular weight is 295 g/mol. The van der Waals surface area contributed by atoms with Crippen LogP contribution in [0.15, 0.2) is 0 Å². The van der Waals surface area contributed by atoms with Gasteiger partial charge in [0.05, 0.1) is 0 Å². The highest BCUT2D eigenvalue weighted by Crippen LogP contribution is 2.19. The van der Waals surface area contributed by atoms with E-state index in [1.54, 1.807) is 13.8 Å². The van der Waals surface area contributed by atoms with Gasteiger partial charge >= 0.3 is 12.0 Å². The van der Waals surface area contributed by atoms with Crippen molar-refractivity contribution < 1.29 is 23.9 Å². The predicted molar refractivity (Wildman–Crippen MR) is 73.2 cm³/mol. The van der Waals surface area contributed by atoms with E-state index >= 15 is 0 Å². The van der Waals surface area contributed by atoms with Crippen molar-refractivity contribution in [2.45, 2.75) is 20.8 Å². The number of rotatable bonds is 4. The van der Waals surface area contributed by atoms with Crippen LogP contribution in [0.1, 0.15) is 39.0 Å². The van der Waals surface area contributed by atoms with Crippen LogP contribution in [0.25, 0.3) is 0 Å². The highest BCUT2D eigenvalue weighted by atomic mass is 16.5. The lowest BCUT2D eigenvalue weighted by Gasteiger charge is -2.05. The molecule has 3 amide bonds. The minimum Gasteiger partial charge on any atom is -0.451 e. The molecule has 0 aliphatic rings. The Morgan fingerprint density at radius 3 is 2.29 bits per heavy atom. The van der Waals surface area contributed by atoms with E-state index in [1.807, 2.05) is 5.32 Å². The van der Waals surface area contributed by atoms with Crippen molar-refractivity contribution in [2.24, 2.45) is 0 Å². The summed E-state index contributed by atoms with van der Waals surface area (Å²) in [6.45, 7) is 4.08. The number of aromatic nitrogens is 1. The fraction of sp³-hybridized carbons (Fsp3) is 0.385. The standard InChI is InChI=1S/C13H17N3O5/c1-6-10(8(3)17)7(2)15-11(6)12(19)21-5-9(18)16-13(20)14-4/h15H,5H2,1-4H3,(H2,14,16,18,20). The number of ether oxygens (including phenoxy) is 1. The van der Waals surface area contributed by atoms with Gasteiger partial charge in [-0.1, -0.05) is 0 Å². The summed E-state index contributed by atoms with van der Waals surface area (Å²) in [5.74, 6) is -1.69. The van der Waals surface area contributed by atoms with Crippen molar-refractivity contribution in [3.63, 3.8) is 0 Å². The fourth-order valence-corrected chi connectivity index (χ4v) is 1.91. The molecule has 114 valence electrons. The Morgan fingerprint density at radius 1 is 1.19 bits per heavy atom. The molecule has 1 aromatic rings. The van der Waals surface area contributed by atoms with E-state index < -0.39 is 24.5 Å². The van der Waals surface area contributed by atoms with Crippen LogP contribution in [-0.2, 0) is 9.53 Å². The largest absolute Gasteiger partial charge is 0.451 e. The normalized spacial score (nSPS) is 9.90. The van der Waals surface area contributed by atoms with Crippen molar-refractivity contribution in [3.8, 4) is 0 Å². The third-order valence-electron chi connectivity index (χ3n) is 2.81. The zero-order valence-electron chi connectivity index (χ0n) is 12.2. The highest BCUT2D eigenvalue weighted by Gasteiger charge is 2.21. The number of Topliss-reactive ketones (excluding diaryl/α,β-unsaturated/α-hetero) is 1. The molecule has 8 nitrogen and oxygen atoms in total. The summed E-state index contributed by atoms with van der Waals surface area (Å²) in [5, 5.41) is 4.15. The molecule has 0 saturated heterocycles. The molecule has 0 aliphatic heterocycles. The van der Waals surface area contributed by atoms with E-state index in [4.69, 9.17) is 4.74 Å². The van der Waals surface area contributed by atoms with Gasteiger partial charge in [0.1, 0.15) is 5.69 Å². The summed E-state index contributed by atoms with van der Waals surface area (Å²) >= 11 is 0. The fourth-order valence-electron chi connectivity index (χ4n) is 1.91. The highest BCUT2D eigenvalue weighted by molar-refractivity contribution is 6.01. The second kappa shape index (κ2) is 6.69. The summed E-state index contributed by atoms with van der Waals surface area (Å²) in [6, 6.07) is -0.693. The molecule has 0 atom stereocenters. The average Bonchev–Trinajstić information content (AvgIpc) is 2.71. The van der Waals surface area contributed by atoms with Gasteiger partial charge in [-0.2, -0.15) is 0 Å². The molecule has 3 N–H and O–H groups in total. The van der Waals surface area contributed by atoms with Gasteiger partial charge in [0.15, 0.2) is 12.4 Å².